The van der Waals surface area contributed by atoms with Gasteiger partial charge in [-0.25, -0.2) is 0 Å². The number of hydrogen-bond acceptors (Lipinski definition) is 3. The Morgan fingerprint density at radius 1 is 1.16 bits per heavy atom. The number of benzene rings is 1. The minimum atomic E-state index is 0.459. The standard InChI is InChI=1S/C16H22N2O/c1-2-7-14(8-3-1)19-12-13-6-4-5-9-15(13)16-17-10-11-18-16/h4-6,9,14H,1-3,7-8,10-12H2,(H,17,18). The number of ether oxygens (including phenoxy) is 1. The summed E-state index contributed by atoms with van der Waals surface area (Å²) >= 11 is 0. The lowest BCUT2D eigenvalue weighted by atomic mass is 9.97. The molecule has 1 fully saturated rings. The minimum absolute atomic E-state index is 0.459. The third kappa shape index (κ3) is 3.16. The van der Waals surface area contributed by atoms with Crippen LogP contribution in [0, 0.1) is 0 Å². The molecule has 1 aromatic carbocycles. The summed E-state index contributed by atoms with van der Waals surface area (Å²) in [6.07, 6.45) is 6.92. The Bertz CT molecular complexity index is 450. The van der Waals surface area contributed by atoms with E-state index in [9.17, 15) is 0 Å². The van der Waals surface area contributed by atoms with Crippen LogP contribution in [0.1, 0.15) is 43.2 Å². The number of aliphatic imine (C=N–C) groups is 1. The molecular formula is C16H22N2O. The zero-order valence-electron chi connectivity index (χ0n) is 11.4. The van der Waals surface area contributed by atoms with Gasteiger partial charge in [0.2, 0.25) is 0 Å². The van der Waals surface area contributed by atoms with Gasteiger partial charge in [-0.3, -0.25) is 4.99 Å². The van der Waals surface area contributed by atoms with Crippen LogP contribution in [0.4, 0.5) is 0 Å². The first kappa shape index (κ1) is 12.7. The second-order valence-electron chi connectivity index (χ2n) is 5.39. The van der Waals surface area contributed by atoms with Gasteiger partial charge in [0.15, 0.2) is 0 Å². The average molecular weight is 258 g/mol. The third-order valence-corrected chi connectivity index (χ3v) is 3.97. The molecule has 2 aliphatic rings. The summed E-state index contributed by atoms with van der Waals surface area (Å²) in [5.41, 5.74) is 2.46. The highest BCUT2D eigenvalue weighted by Crippen LogP contribution is 2.22. The quantitative estimate of drug-likeness (QED) is 0.901. The van der Waals surface area contributed by atoms with Gasteiger partial charge in [0, 0.05) is 12.1 Å². The molecule has 0 atom stereocenters. The predicted molar refractivity (Wildman–Crippen MR) is 77.5 cm³/mol. The summed E-state index contributed by atoms with van der Waals surface area (Å²) in [4.78, 5) is 4.51. The Labute approximate surface area is 115 Å². The zero-order chi connectivity index (χ0) is 12.9. The first-order chi connectivity index (χ1) is 9.43. The molecule has 1 aliphatic heterocycles. The topological polar surface area (TPSA) is 33.6 Å². The van der Waals surface area contributed by atoms with Crippen molar-refractivity contribution in [1.82, 2.24) is 5.32 Å². The summed E-state index contributed by atoms with van der Waals surface area (Å²) in [7, 11) is 0. The van der Waals surface area contributed by atoms with E-state index in [1.807, 2.05) is 0 Å². The summed E-state index contributed by atoms with van der Waals surface area (Å²) < 4.78 is 6.09. The van der Waals surface area contributed by atoms with Crippen molar-refractivity contribution < 1.29 is 4.74 Å². The van der Waals surface area contributed by atoms with Gasteiger partial charge in [0.25, 0.3) is 0 Å². The smallest absolute Gasteiger partial charge is 0.128 e. The number of hydrogen-bond donors (Lipinski definition) is 1. The fourth-order valence-electron chi connectivity index (χ4n) is 2.89. The maximum atomic E-state index is 6.09. The first-order valence-electron chi connectivity index (χ1n) is 7.42. The molecule has 0 radical (unpaired) electrons. The van der Waals surface area contributed by atoms with E-state index in [2.05, 4.69) is 34.6 Å². The van der Waals surface area contributed by atoms with Crippen LogP contribution in [0.5, 0.6) is 0 Å². The molecule has 0 spiro atoms. The van der Waals surface area contributed by atoms with Crippen LogP contribution >= 0.6 is 0 Å². The van der Waals surface area contributed by atoms with Crippen LogP contribution in [0.3, 0.4) is 0 Å². The zero-order valence-corrected chi connectivity index (χ0v) is 11.4. The van der Waals surface area contributed by atoms with Gasteiger partial charge in [-0.1, -0.05) is 43.5 Å². The molecular weight excluding hydrogens is 236 g/mol. The summed E-state index contributed by atoms with van der Waals surface area (Å²) in [6.45, 7) is 2.54. The Kier molecular flexibility index (Phi) is 4.13. The maximum Gasteiger partial charge on any atom is 0.128 e. The molecule has 1 saturated carbocycles. The Morgan fingerprint density at radius 2 is 2.00 bits per heavy atom. The molecule has 1 aromatic rings. The van der Waals surface area contributed by atoms with Crippen molar-refractivity contribution in [2.75, 3.05) is 13.1 Å². The van der Waals surface area contributed by atoms with E-state index >= 15 is 0 Å². The van der Waals surface area contributed by atoms with E-state index < -0.39 is 0 Å². The van der Waals surface area contributed by atoms with E-state index in [4.69, 9.17) is 4.74 Å². The van der Waals surface area contributed by atoms with Gasteiger partial charge in [0.1, 0.15) is 5.84 Å². The molecule has 3 heteroatoms. The number of nitrogens with zero attached hydrogens (tertiary/aromatic N) is 1. The third-order valence-electron chi connectivity index (χ3n) is 3.97. The molecule has 0 bridgehead atoms. The summed E-state index contributed by atoms with van der Waals surface area (Å²) in [5.74, 6) is 1.03. The maximum absolute atomic E-state index is 6.09. The van der Waals surface area contributed by atoms with Crippen molar-refractivity contribution in [2.45, 2.75) is 44.8 Å². The van der Waals surface area contributed by atoms with Crippen LogP contribution in [0.15, 0.2) is 29.3 Å². The van der Waals surface area contributed by atoms with Gasteiger partial charge in [-0.2, -0.15) is 0 Å². The SMILES string of the molecule is c1ccc(C2=NCCN2)c(COC2CCCCC2)c1. The monoisotopic (exact) mass is 258 g/mol. The van der Waals surface area contributed by atoms with Gasteiger partial charge in [-0.15, -0.1) is 0 Å². The number of amidine groups is 1. The number of rotatable bonds is 4. The molecule has 0 aromatic heterocycles. The Hall–Kier alpha value is -1.35. The molecule has 19 heavy (non-hydrogen) atoms. The van der Waals surface area contributed by atoms with Crippen LogP contribution in [0.25, 0.3) is 0 Å². The molecule has 0 unspecified atom stereocenters. The predicted octanol–water partition coefficient (Wildman–Crippen LogP) is 2.89. The number of nitrogens with one attached hydrogen (secondary N) is 1. The lowest BCUT2D eigenvalue weighted by Gasteiger charge is -2.22. The van der Waals surface area contributed by atoms with E-state index in [1.165, 1.54) is 43.2 Å². The highest BCUT2D eigenvalue weighted by atomic mass is 16.5. The van der Waals surface area contributed by atoms with E-state index in [0.717, 1.165) is 18.9 Å². The molecule has 3 nitrogen and oxygen atoms in total. The molecule has 102 valence electrons. The van der Waals surface area contributed by atoms with Crippen molar-refractivity contribution in [3.63, 3.8) is 0 Å². The minimum Gasteiger partial charge on any atom is -0.374 e. The van der Waals surface area contributed by atoms with Crippen molar-refractivity contribution in [3.05, 3.63) is 35.4 Å². The van der Waals surface area contributed by atoms with E-state index in [-0.39, 0.29) is 0 Å². The highest BCUT2D eigenvalue weighted by molar-refractivity contribution is 6.00. The van der Waals surface area contributed by atoms with E-state index in [0.29, 0.717) is 12.7 Å². The highest BCUT2D eigenvalue weighted by Gasteiger charge is 2.16. The van der Waals surface area contributed by atoms with Crippen molar-refractivity contribution in [3.8, 4) is 0 Å². The van der Waals surface area contributed by atoms with Gasteiger partial charge < -0.3 is 10.1 Å². The van der Waals surface area contributed by atoms with Crippen LogP contribution < -0.4 is 5.32 Å². The van der Waals surface area contributed by atoms with Gasteiger partial charge >= 0.3 is 0 Å². The molecule has 0 saturated heterocycles. The summed E-state index contributed by atoms with van der Waals surface area (Å²) in [5, 5.41) is 3.35. The normalized spacial score (nSPS) is 20.1. The average Bonchev–Trinajstić information content (AvgIpc) is 3.01. The van der Waals surface area contributed by atoms with Crippen molar-refractivity contribution >= 4 is 5.84 Å². The fraction of sp³-hybridized carbons (Fsp3) is 0.562. The second kappa shape index (κ2) is 6.20. The molecule has 1 N–H and O–H groups in total. The molecule has 0 amide bonds. The van der Waals surface area contributed by atoms with E-state index in [1.54, 1.807) is 0 Å². The second-order valence-corrected chi connectivity index (χ2v) is 5.39. The molecule has 1 aliphatic carbocycles. The lowest BCUT2D eigenvalue weighted by Crippen LogP contribution is -2.22. The molecule has 1 heterocycles. The largest absolute Gasteiger partial charge is 0.374 e. The fourth-order valence-corrected chi connectivity index (χ4v) is 2.89. The van der Waals surface area contributed by atoms with Crippen LogP contribution in [-0.4, -0.2) is 25.0 Å². The summed E-state index contributed by atoms with van der Waals surface area (Å²) in [6, 6.07) is 8.44. The van der Waals surface area contributed by atoms with Crippen molar-refractivity contribution in [2.24, 2.45) is 4.99 Å². The van der Waals surface area contributed by atoms with Gasteiger partial charge in [0.05, 0.1) is 19.3 Å². The van der Waals surface area contributed by atoms with Crippen molar-refractivity contribution in [1.29, 1.82) is 0 Å². The Morgan fingerprint density at radius 3 is 2.79 bits per heavy atom. The van der Waals surface area contributed by atoms with Crippen LogP contribution in [0.2, 0.25) is 0 Å². The van der Waals surface area contributed by atoms with Crippen LogP contribution in [-0.2, 0) is 11.3 Å². The Balaban J connectivity index is 1.66. The molecule has 3 rings (SSSR count). The lowest BCUT2D eigenvalue weighted by molar-refractivity contribution is 0.0168. The van der Waals surface area contributed by atoms with Gasteiger partial charge in [-0.05, 0) is 18.4 Å². The first-order valence-corrected chi connectivity index (χ1v) is 7.42.